The molecule has 2 rings (SSSR count). The first-order chi connectivity index (χ1) is 13.1. The lowest BCUT2D eigenvalue weighted by molar-refractivity contribution is -0.145. The van der Waals surface area contributed by atoms with Gasteiger partial charge < -0.3 is 15.6 Å². The molecule has 0 spiro atoms. The maximum absolute atomic E-state index is 12.3. The minimum Gasteiger partial charge on any atom is -0.479 e. The number of carboxylic acids is 1. The van der Waals surface area contributed by atoms with E-state index in [0.29, 0.717) is 24.0 Å². The van der Waals surface area contributed by atoms with Gasteiger partial charge in [-0.2, -0.15) is 0 Å². The first-order valence-corrected chi connectivity index (χ1v) is 10.7. The molecular weight excluding hydrogens is 380 g/mol. The summed E-state index contributed by atoms with van der Waals surface area (Å²) in [7, 11) is -3.65. The Morgan fingerprint density at radius 3 is 2.29 bits per heavy atom. The van der Waals surface area contributed by atoms with Crippen LogP contribution >= 0.6 is 0 Å². The fraction of sp³-hybridized carbons (Fsp3) is 0.300. The molecule has 1 unspecified atom stereocenters. The van der Waals surface area contributed by atoms with Crippen LogP contribution in [0, 0.1) is 5.41 Å². The molecule has 0 amide bonds. The van der Waals surface area contributed by atoms with E-state index in [1.807, 2.05) is 6.92 Å². The molecule has 7 nitrogen and oxygen atoms in total. The van der Waals surface area contributed by atoms with Crippen molar-refractivity contribution in [1.29, 1.82) is 5.41 Å². The molecule has 2 aromatic carbocycles. The molecule has 150 valence electrons. The van der Waals surface area contributed by atoms with E-state index >= 15 is 0 Å². The standard InChI is InChI=1S/C20H24N2O5S/c1-3-4-5-17(20(23)24)27-16-11-10-15(12-18(16)28(2,25)26)13-6-8-14(9-7-13)19(21)22/h6-12,17H,3-5H2,1-2H3,(H3,21,22)(H,23,24). The first-order valence-electron chi connectivity index (χ1n) is 8.82. The summed E-state index contributed by atoms with van der Waals surface area (Å²) in [4.78, 5) is 11.4. The van der Waals surface area contributed by atoms with Crippen molar-refractivity contribution < 1.29 is 23.1 Å². The Kier molecular flexibility index (Phi) is 6.80. The molecule has 0 aliphatic rings. The van der Waals surface area contributed by atoms with Crippen molar-refractivity contribution in [2.45, 2.75) is 37.2 Å². The Labute approximate surface area is 164 Å². The second kappa shape index (κ2) is 8.88. The van der Waals surface area contributed by atoms with Crippen LogP contribution in [0.25, 0.3) is 11.1 Å². The van der Waals surface area contributed by atoms with Crippen molar-refractivity contribution in [2.75, 3.05) is 6.26 Å². The highest BCUT2D eigenvalue weighted by Crippen LogP contribution is 2.31. The van der Waals surface area contributed by atoms with Gasteiger partial charge in [-0.15, -0.1) is 0 Å². The Hall–Kier alpha value is -2.87. The summed E-state index contributed by atoms with van der Waals surface area (Å²) in [6, 6.07) is 11.4. The lowest BCUT2D eigenvalue weighted by Crippen LogP contribution is -2.27. The number of hydrogen-bond donors (Lipinski definition) is 3. The van der Waals surface area contributed by atoms with E-state index in [1.165, 1.54) is 12.1 Å². The molecule has 8 heteroatoms. The second-order valence-corrected chi connectivity index (χ2v) is 8.50. The number of nitrogens with two attached hydrogens (primary N) is 1. The number of carbonyl (C=O) groups is 1. The van der Waals surface area contributed by atoms with E-state index in [-0.39, 0.29) is 16.5 Å². The summed E-state index contributed by atoms with van der Waals surface area (Å²) in [6.45, 7) is 1.94. The molecule has 2 aromatic rings. The highest BCUT2D eigenvalue weighted by molar-refractivity contribution is 7.90. The number of ether oxygens (including phenoxy) is 1. The third kappa shape index (κ3) is 5.32. The SMILES string of the molecule is CCCCC(Oc1ccc(-c2ccc(C(=N)N)cc2)cc1S(C)(=O)=O)C(=O)O. The molecule has 0 radical (unpaired) electrons. The number of benzene rings is 2. The number of rotatable bonds is 9. The van der Waals surface area contributed by atoms with E-state index < -0.39 is 21.9 Å². The van der Waals surface area contributed by atoms with Gasteiger partial charge in [0.1, 0.15) is 16.5 Å². The molecule has 0 bridgehead atoms. The minimum atomic E-state index is -3.65. The van der Waals surface area contributed by atoms with Crippen molar-refractivity contribution in [1.82, 2.24) is 0 Å². The van der Waals surface area contributed by atoms with Crippen molar-refractivity contribution in [2.24, 2.45) is 5.73 Å². The van der Waals surface area contributed by atoms with Gasteiger partial charge in [0.05, 0.1) is 0 Å². The predicted molar refractivity (Wildman–Crippen MR) is 108 cm³/mol. The van der Waals surface area contributed by atoms with Gasteiger partial charge in [0.2, 0.25) is 0 Å². The van der Waals surface area contributed by atoms with Gasteiger partial charge in [-0.25, -0.2) is 13.2 Å². The number of nitrogen functional groups attached to an aromatic ring is 1. The number of sulfone groups is 1. The lowest BCUT2D eigenvalue weighted by Gasteiger charge is -2.18. The van der Waals surface area contributed by atoms with Crippen LogP contribution in [-0.4, -0.2) is 37.7 Å². The molecular formula is C20H24N2O5S. The number of amidine groups is 1. The lowest BCUT2D eigenvalue weighted by atomic mass is 10.0. The Morgan fingerprint density at radius 1 is 1.18 bits per heavy atom. The van der Waals surface area contributed by atoms with Gasteiger partial charge in [-0.1, -0.05) is 43.7 Å². The number of nitrogens with one attached hydrogen (secondary N) is 1. The fourth-order valence-corrected chi connectivity index (χ4v) is 3.52. The second-order valence-electron chi connectivity index (χ2n) is 6.51. The van der Waals surface area contributed by atoms with Crippen molar-refractivity contribution in [3.05, 3.63) is 48.0 Å². The van der Waals surface area contributed by atoms with Crippen LogP contribution < -0.4 is 10.5 Å². The van der Waals surface area contributed by atoms with Crippen molar-refractivity contribution in [3.8, 4) is 16.9 Å². The van der Waals surface area contributed by atoms with Crippen LogP contribution in [0.2, 0.25) is 0 Å². The van der Waals surface area contributed by atoms with Gasteiger partial charge in [-0.05, 0) is 36.1 Å². The first kappa shape index (κ1) is 21.4. The summed E-state index contributed by atoms with van der Waals surface area (Å²) in [5.41, 5.74) is 7.38. The van der Waals surface area contributed by atoms with Gasteiger partial charge in [0.25, 0.3) is 0 Å². The maximum atomic E-state index is 12.3. The number of carboxylic acid groups (broad SMARTS) is 1. The monoisotopic (exact) mass is 404 g/mol. The fourth-order valence-electron chi connectivity index (χ4n) is 2.69. The zero-order valence-electron chi connectivity index (χ0n) is 15.8. The number of unbranched alkanes of at least 4 members (excludes halogenated alkanes) is 1. The Morgan fingerprint density at radius 2 is 1.79 bits per heavy atom. The minimum absolute atomic E-state index is 0.0232. The van der Waals surface area contributed by atoms with E-state index in [4.69, 9.17) is 15.9 Å². The molecule has 0 aromatic heterocycles. The molecule has 1 atom stereocenters. The van der Waals surface area contributed by atoms with Crippen molar-refractivity contribution in [3.63, 3.8) is 0 Å². The molecule has 0 aliphatic heterocycles. The largest absolute Gasteiger partial charge is 0.479 e. The van der Waals surface area contributed by atoms with E-state index in [9.17, 15) is 18.3 Å². The molecule has 0 saturated heterocycles. The van der Waals surface area contributed by atoms with Gasteiger partial charge in [-0.3, -0.25) is 5.41 Å². The van der Waals surface area contributed by atoms with Crippen LogP contribution in [0.15, 0.2) is 47.4 Å². The van der Waals surface area contributed by atoms with Crippen LogP contribution in [0.4, 0.5) is 0 Å². The molecule has 4 N–H and O–H groups in total. The Bertz CT molecular complexity index is 969. The van der Waals surface area contributed by atoms with E-state index in [1.54, 1.807) is 30.3 Å². The smallest absolute Gasteiger partial charge is 0.344 e. The summed E-state index contributed by atoms with van der Waals surface area (Å²) < 4.78 is 30.1. The predicted octanol–water partition coefficient (Wildman–Crippen LogP) is 3.06. The summed E-state index contributed by atoms with van der Waals surface area (Å²) >= 11 is 0. The molecule has 0 saturated carbocycles. The quantitative estimate of drug-likeness (QED) is 0.435. The molecule has 0 aliphatic carbocycles. The maximum Gasteiger partial charge on any atom is 0.344 e. The average Bonchev–Trinajstić information content (AvgIpc) is 2.64. The number of hydrogen-bond acceptors (Lipinski definition) is 5. The van der Waals surface area contributed by atoms with Crippen LogP contribution in [-0.2, 0) is 14.6 Å². The zero-order valence-corrected chi connectivity index (χ0v) is 16.6. The third-order valence-electron chi connectivity index (χ3n) is 4.24. The highest BCUT2D eigenvalue weighted by Gasteiger charge is 2.23. The van der Waals surface area contributed by atoms with Crippen LogP contribution in [0.1, 0.15) is 31.7 Å². The summed E-state index contributed by atoms with van der Waals surface area (Å²) in [5, 5.41) is 16.8. The van der Waals surface area contributed by atoms with Gasteiger partial charge in [0, 0.05) is 11.8 Å². The molecule has 0 fully saturated rings. The number of aliphatic carboxylic acids is 1. The Balaban J connectivity index is 2.43. The van der Waals surface area contributed by atoms with E-state index in [0.717, 1.165) is 18.2 Å². The van der Waals surface area contributed by atoms with E-state index in [2.05, 4.69) is 0 Å². The van der Waals surface area contributed by atoms with Crippen molar-refractivity contribution >= 4 is 21.6 Å². The van der Waals surface area contributed by atoms with Crippen LogP contribution in [0.3, 0.4) is 0 Å². The molecule has 0 heterocycles. The normalized spacial score (nSPS) is 12.4. The molecule has 28 heavy (non-hydrogen) atoms. The summed E-state index contributed by atoms with van der Waals surface area (Å²) in [6.07, 6.45) is 1.71. The van der Waals surface area contributed by atoms with Gasteiger partial charge in [0.15, 0.2) is 15.9 Å². The topological polar surface area (TPSA) is 131 Å². The van der Waals surface area contributed by atoms with Crippen LogP contribution in [0.5, 0.6) is 5.75 Å². The highest BCUT2D eigenvalue weighted by atomic mass is 32.2. The zero-order chi connectivity index (χ0) is 20.9. The van der Waals surface area contributed by atoms with Gasteiger partial charge >= 0.3 is 5.97 Å². The third-order valence-corrected chi connectivity index (χ3v) is 5.35. The average molecular weight is 404 g/mol. The summed E-state index contributed by atoms with van der Waals surface area (Å²) in [5.74, 6) is -1.16.